The number of hydrogen-bond acceptors (Lipinski definition) is 0. The third kappa shape index (κ3) is 4.17. The van der Waals surface area contributed by atoms with E-state index < -0.39 is 0 Å². The largest absolute Gasteiger partial charge is 2.00 e. The van der Waals surface area contributed by atoms with Crippen molar-refractivity contribution < 1.29 is 31.9 Å². The number of halogens is 1. The van der Waals surface area contributed by atoms with Crippen LogP contribution in [0.5, 0.6) is 0 Å². The molecule has 0 saturated carbocycles. The number of allylic oxidation sites excluding steroid dienone is 8. The van der Waals surface area contributed by atoms with Gasteiger partial charge in [0, 0.05) is 0 Å². The van der Waals surface area contributed by atoms with Gasteiger partial charge < -0.3 is 12.4 Å². The van der Waals surface area contributed by atoms with Crippen molar-refractivity contribution >= 4 is 0 Å². The van der Waals surface area contributed by atoms with Gasteiger partial charge in [-0.25, -0.2) is 5.57 Å². The standard InChI is InChI=1S/C10H15.C7H8.ClH.Ru/c1-7-6-10(4,5)9(3)8(7)2;1-2-7-4-3-6(1)5-7;;/h1-5H3;1-4,6-7H,5H2;1H;/q-1;;;+2/p-1. The first-order valence-corrected chi connectivity index (χ1v) is 6.57. The molecule has 0 aromatic carbocycles. The summed E-state index contributed by atoms with van der Waals surface area (Å²) < 4.78 is 0. The fourth-order valence-electron chi connectivity index (χ4n) is 2.73. The van der Waals surface area contributed by atoms with Crippen LogP contribution < -0.4 is 12.4 Å². The molecule has 0 spiro atoms. The Bertz CT molecular complexity index is 410. The van der Waals surface area contributed by atoms with Gasteiger partial charge >= 0.3 is 19.5 Å². The summed E-state index contributed by atoms with van der Waals surface area (Å²) >= 11 is 0. The summed E-state index contributed by atoms with van der Waals surface area (Å²) in [4.78, 5) is 0. The molecule has 19 heavy (non-hydrogen) atoms. The maximum Gasteiger partial charge on any atom is 2.00 e. The van der Waals surface area contributed by atoms with Gasteiger partial charge in [-0.05, 0) is 18.3 Å². The van der Waals surface area contributed by atoms with Crippen LogP contribution in [-0.2, 0) is 19.5 Å². The van der Waals surface area contributed by atoms with Crippen LogP contribution in [0.4, 0.5) is 0 Å². The summed E-state index contributed by atoms with van der Waals surface area (Å²) in [5, 5.41) is 0. The zero-order valence-electron chi connectivity index (χ0n) is 12.4. The molecule has 0 unspecified atom stereocenters. The van der Waals surface area contributed by atoms with Crippen LogP contribution in [0.2, 0.25) is 0 Å². The summed E-state index contributed by atoms with van der Waals surface area (Å²) in [5.74, 6) is 1.62. The minimum atomic E-state index is 0. The van der Waals surface area contributed by atoms with Gasteiger partial charge in [-0.2, -0.15) is 11.1 Å². The summed E-state index contributed by atoms with van der Waals surface area (Å²) in [6.45, 7) is 10.9. The molecule has 0 aliphatic heterocycles. The van der Waals surface area contributed by atoms with E-state index in [1.807, 2.05) is 0 Å². The Morgan fingerprint density at radius 3 is 1.53 bits per heavy atom. The number of rotatable bonds is 0. The van der Waals surface area contributed by atoms with Crippen LogP contribution in [0, 0.1) is 23.3 Å². The van der Waals surface area contributed by atoms with Gasteiger partial charge in [-0.1, -0.05) is 57.4 Å². The number of fused-ring (bicyclic) bond motifs is 2. The van der Waals surface area contributed by atoms with Crippen LogP contribution >= 0.6 is 0 Å². The van der Waals surface area contributed by atoms with Crippen LogP contribution in [0.3, 0.4) is 0 Å². The second-order valence-corrected chi connectivity index (χ2v) is 5.96. The molecule has 2 heteroatoms. The molecule has 106 valence electrons. The Labute approximate surface area is 137 Å². The van der Waals surface area contributed by atoms with E-state index in [1.54, 1.807) is 0 Å². The Morgan fingerprint density at radius 2 is 1.42 bits per heavy atom. The van der Waals surface area contributed by atoms with Gasteiger partial charge in [0.2, 0.25) is 0 Å². The van der Waals surface area contributed by atoms with Gasteiger partial charge in [-0.15, -0.1) is 6.92 Å². The Hall–Kier alpha value is -0.127. The van der Waals surface area contributed by atoms with Gasteiger partial charge in [0.1, 0.15) is 0 Å². The Kier molecular flexibility index (Phi) is 7.00. The van der Waals surface area contributed by atoms with Crippen molar-refractivity contribution in [3.8, 4) is 0 Å². The third-order valence-electron chi connectivity index (χ3n) is 4.32. The smallest absolute Gasteiger partial charge is 1.00 e. The second kappa shape index (κ2) is 7.05. The monoisotopic (exact) mass is 364 g/mol. The van der Waals surface area contributed by atoms with Crippen molar-refractivity contribution in [1.29, 1.82) is 0 Å². The Morgan fingerprint density at radius 1 is 1.00 bits per heavy atom. The molecule has 0 amide bonds. The van der Waals surface area contributed by atoms with Crippen molar-refractivity contribution in [3.05, 3.63) is 47.1 Å². The van der Waals surface area contributed by atoms with Crippen molar-refractivity contribution in [2.24, 2.45) is 17.3 Å². The van der Waals surface area contributed by atoms with E-state index in [4.69, 9.17) is 0 Å². The van der Waals surface area contributed by atoms with E-state index in [0.717, 1.165) is 11.8 Å². The molecule has 3 aliphatic rings. The molecule has 0 N–H and O–H groups in total. The molecule has 0 aromatic rings. The minimum absolute atomic E-state index is 0. The third-order valence-corrected chi connectivity index (χ3v) is 4.32. The zero-order valence-corrected chi connectivity index (χ0v) is 14.9. The predicted molar refractivity (Wildman–Crippen MR) is 74.5 cm³/mol. The van der Waals surface area contributed by atoms with E-state index in [1.165, 1.54) is 23.1 Å². The zero-order chi connectivity index (χ0) is 12.6. The first kappa shape index (κ1) is 18.9. The molecule has 2 bridgehead atoms. The molecule has 3 aliphatic carbocycles. The molecular formula is C17H23ClRu. The maximum atomic E-state index is 3.44. The van der Waals surface area contributed by atoms with Crippen molar-refractivity contribution in [2.45, 2.75) is 41.0 Å². The molecule has 3 rings (SSSR count). The molecule has 0 radical (unpaired) electrons. The molecule has 0 heterocycles. The first-order valence-electron chi connectivity index (χ1n) is 6.57. The van der Waals surface area contributed by atoms with Crippen molar-refractivity contribution in [1.82, 2.24) is 0 Å². The normalized spacial score (nSPS) is 28.4. The topological polar surface area (TPSA) is 0 Å². The van der Waals surface area contributed by atoms with Crippen LogP contribution in [0.25, 0.3) is 0 Å². The second-order valence-electron chi connectivity index (χ2n) is 5.96. The van der Waals surface area contributed by atoms with Crippen LogP contribution in [0.1, 0.15) is 41.0 Å². The average Bonchev–Trinajstić information content (AvgIpc) is 2.94. The predicted octanol–water partition coefficient (Wildman–Crippen LogP) is 1.86. The van der Waals surface area contributed by atoms with E-state index in [-0.39, 0.29) is 37.3 Å². The fourth-order valence-corrected chi connectivity index (χ4v) is 2.73. The molecule has 0 atom stereocenters. The van der Waals surface area contributed by atoms with Gasteiger partial charge in [-0.3, -0.25) is 6.08 Å². The molecule has 0 nitrogen and oxygen atoms in total. The summed E-state index contributed by atoms with van der Waals surface area (Å²) in [6.07, 6.45) is 14.0. The SMILES string of the molecule is C1=CC2C=CC1C2.CC1=[C-]C(C)(C)C(C)=C1C.[Cl-].[Ru+2]. The average molecular weight is 364 g/mol. The number of hydrogen-bond donors (Lipinski definition) is 0. The maximum absolute atomic E-state index is 3.44. The van der Waals surface area contributed by atoms with Crippen molar-refractivity contribution in [2.75, 3.05) is 0 Å². The minimum Gasteiger partial charge on any atom is -1.00 e. The summed E-state index contributed by atoms with van der Waals surface area (Å²) in [6, 6.07) is 0. The van der Waals surface area contributed by atoms with Gasteiger partial charge in [0.25, 0.3) is 0 Å². The summed E-state index contributed by atoms with van der Waals surface area (Å²) in [5.41, 5.74) is 4.39. The quantitative estimate of drug-likeness (QED) is 0.350. The van der Waals surface area contributed by atoms with Gasteiger partial charge in [0.05, 0.1) is 0 Å². The fraction of sp³-hybridized carbons (Fsp3) is 0.529. The van der Waals surface area contributed by atoms with E-state index in [0.29, 0.717) is 0 Å². The van der Waals surface area contributed by atoms with E-state index in [2.05, 4.69) is 65.0 Å². The van der Waals surface area contributed by atoms with Gasteiger partial charge in [0.15, 0.2) is 0 Å². The van der Waals surface area contributed by atoms with E-state index >= 15 is 0 Å². The van der Waals surface area contributed by atoms with Crippen LogP contribution in [0.15, 0.2) is 41.0 Å². The van der Waals surface area contributed by atoms with E-state index in [9.17, 15) is 0 Å². The first-order chi connectivity index (χ1) is 7.90. The molecular weight excluding hydrogens is 341 g/mol. The van der Waals surface area contributed by atoms with Crippen molar-refractivity contribution in [3.63, 3.8) is 0 Å². The van der Waals surface area contributed by atoms with Crippen LogP contribution in [-0.4, -0.2) is 0 Å². The Balaban J connectivity index is 0.000000320. The molecule has 0 fully saturated rings. The summed E-state index contributed by atoms with van der Waals surface area (Å²) in [7, 11) is 0. The molecule has 0 aromatic heterocycles. The molecule has 0 saturated heterocycles.